The molecule has 3 aliphatic rings. The molecular formula is C28H30N2O5. The van der Waals surface area contributed by atoms with Gasteiger partial charge in [-0.15, -0.1) is 0 Å². The van der Waals surface area contributed by atoms with E-state index in [1.165, 1.54) is 10.5 Å². The minimum Gasteiger partial charge on any atom is -0.426 e. The third-order valence-corrected chi connectivity index (χ3v) is 7.58. The van der Waals surface area contributed by atoms with Gasteiger partial charge in [-0.25, -0.2) is 4.90 Å². The lowest BCUT2D eigenvalue weighted by Crippen LogP contribution is -2.31. The van der Waals surface area contributed by atoms with E-state index in [2.05, 4.69) is 6.92 Å². The van der Waals surface area contributed by atoms with Gasteiger partial charge in [0.2, 0.25) is 17.7 Å². The number of hydrogen-bond acceptors (Lipinski definition) is 5. The van der Waals surface area contributed by atoms with Gasteiger partial charge >= 0.3 is 5.97 Å². The molecule has 2 saturated heterocycles. The number of hydrogen-bond donors (Lipinski definition) is 0. The average Bonchev–Trinajstić information content (AvgIpc) is 3.37. The number of nitrogens with zero attached hydrogens (tertiary/aromatic N) is 2. The fourth-order valence-electron chi connectivity index (χ4n) is 5.57. The number of amides is 3. The Bertz CT molecular complexity index is 1160. The van der Waals surface area contributed by atoms with Crippen LogP contribution in [-0.4, -0.2) is 30.2 Å². The number of anilines is 2. The maximum absolute atomic E-state index is 12.9. The summed E-state index contributed by atoms with van der Waals surface area (Å²) in [5.74, 6) is -1.45. The van der Waals surface area contributed by atoms with Gasteiger partial charge in [0, 0.05) is 18.7 Å². The number of imide groups is 1. The molecule has 0 unspecified atom stereocenters. The van der Waals surface area contributed by atoms with Gasteiger partial charge in [0.15, 0.2) is 0 Å². The quantitative estimate of drug-likeness (QED) is 0.369. The van der Waals surface area contributed by atoms with Crippen LogP contribution < -0.4 is 14.5 Å². The predicted octanol–water partition coefficient (Wildman–Crippen LogP) is 4.20. The monoisotopic (exact) mass is 474 g/mol. The summed E-state index contributed by atoms with van der Waals surface area (Å²) in [7, 11) is 0. The first-order valence-corrected chi connectivity index (χ1v) is 12.5. The Balaban J connectivity index is 1.26. The minimum absolute atomic E-state index is 0.102. The molecule has 1 saturated carbocycles. The number of fused-ring (bicyclic) bond motifs is 1. The lowest BCUT2D eigenvalue weighted by molar-refractivity contribution is -0.139. The van der Waals surface area contributed by atoms with Crippen molar-refractivity contribution >= 4 is 35.1 Å². The molecule has 0 aromatic heterocycles. The van der Waals surface area contributed by atoms with Gasteiger partial charge in [-0.1, -0.05) is 31.9 Å². The van der Waals surface area contributed by atoms with E-state index in [4.69, 9.17) is 4.74 Å². The van der Waals surface area contributed by atoms with Crippen LogP contribution in [0.4, 0.5) is 11.4 Å². The van der Waals surface area contributed by atoms with Crippen molar-refractivity contribution < 1.29 is 23.9 Å². The second-order valence-corrected chi connectivity index (χ2v) is 9.80. The summed E-state index contributed by atoms with van der Waals surface area (Å²) < 4.78 is 5.61. The number of esters is 1. The van der Waals surface area contributed by atoms with Gasteiger partial charge in [0.25, 0.3) is 0 Å². The Morgan fingerprint density at radius 1 is 0.971 bits per heavy atom. The Labute approximate surface area is 205 Å². The molecular weight excluding hydrogens is 444 g/mol. The third kappa shape index (κ3) is 4.24. The van der Waals surface area contributed by atoms with Crippen LogP contribution >= 0.6 is 0 Å². The van der Waals surface area contributed by atoms with E-state index >= 15 is 0 Å². The normalized spacial score (nSPS) is 24.2. The number of carbonyl (C=O) groups excluding carboxylic acids is 4. The lowest BCUT2D eigenvalue weighted by atomic mass is 9.81. The first kappa shape index (κ1) is 23.3. The highest BCUT2D eigenvalue weighted by Crippen LogP contribution is 2.41. The zero-order valence-corrected chi connectivity index (χ0v) is 20.2. The number of rotatable bonds is 5. The maximum Gasteiger partial charge on any atom is 0.316 e. The molecule has 0 spiro atoms. The van der Waals surface area contributed by atoms with E-state index in [1.54, 1.807) is 30.0 Å². The highest BCUT2D eigenvalue weighted by atomic mass is 16.5. The van der Waals surface area contributed by atoms with Crippen molar-refractivity contribution in [2.24, 2.45) is 17.8 Å². The first-order valence-electron chi connectivity index (χ1n) is 12.5. The van der Waals surface area contributed by atoms with Gasteiger partial charge < -0.3 is 9.64 Å². The number of aryl methyl sites for hydroxylation is 2. The van der Waals surface area contributed by atoms with Gasteiger partial charge in [-0.3, -0.25) is 19.2 Å². The van der Waals surface area contributed by atoms with Crippen molar-refractivity contribution in [2.45, 2.75) is 52.4 Å². The van der Waals surface area contributed by atoms with Gasteiger partial charge in [-0.2, -0.15) is 0 Å². The van der Waals surface area contributed by atoms with E-state index in [9.17, 15) is 19.2 Å². The molecule has 7 heteroatoms. The number of ether oxygens (including phenoxy) is 1. The van der Waals surface area contributed by atoms with Gasteiger partial charge in [0.05, 0.1) is 23.4 Å². The second-order valence-electron chi connectivity index (χ2n) is 9.80. The van der Waals surface area contributed by atoms with Crippen LogP contribution in [0.5, 0.6) is 5.75 Å². The predicted molar refractivity (Wildman–Crippen MR) is 131 cm³/mol. The Morgan fingerprint density at radius 2 is 1.63 bits per heavy atom. The minimum atomic E-state index is -0.557. The van der Waals surface area contributed by atoms with E-state index in [0.717, 1.165) is 37.8 Å². The van der Waals surface area contributed by atoms with Crippen molar-refractivity contribution in [3.05, 3.63) is 53.6 Å². The molecule has 2 aromatic carbocycles. The summed E-state index contributed by atoms with van der Waals surface area (Å²) in [5.41, 5.74) is 3.21. The zero-order chi connectivity index (χ0) is 24.7. The van der Waals surface area contributed by atoms with Crippen LogP contribution in [0.25, 0.3) is 0 Å². The summed E-state index contributed by atoms with van der Waals surface area (Å²) in [6, 6.07) is 12.8. The van der Waals surface area contributed by atoms with Crippen LogP contribution in [0.15, 0.2) is 42.5 Å². The van der Waals surface area contributed by atoms with Crippen molar-refractivity contribution in [1.82, 2.24) is 0 Å². The topological polar surface area (TPSA) is 84.0 Å². The standard InChI is InChI=1S/C28H30N2O5/c1-3-18-8-10-20(11-9-18)29-16-19(15-25(29)31)28(34)35-21-12-13-24(17(2)14-21)30-26(32)22-6-4-5-7-23(22)27(30)33/h8-14,19,22-23H,3-7,15-16H2,1-2H3/t19-,22+,23+/m1/s1. The Hall–Kier alpha value is -3.48. The zero-order valence-electron chi connectivity index (χ0n) is 20.2. The molecule has 3 amide bonds. The molecule has 2 aromatic rings. The summed E-state index contributed by atoms with van der Waals surface area (Å²) in [4.78, 5) is 54.2. The molecule has 1 aliphatic carbocycles. The molecule has 5 rings (SSSR count). The fourth-order valence-corrected chi connectivity index (χ4v) is 5.57. The highest BCUT2D eigenvalue weighted by molar-refractivity contribution is 6.22. The highest BCUT2D eigenvalue weighted by Gasteiger charge is 2.49. The summed E-state index contributed by atoms with van der Waals surface area (Å²) in [6.45, 7) is 4.15. The SMILES string of the molecule is CCc1ccc(N2C[C@H](C(=O)Oc3ccc(N4C(=O)[C@H]5CCCC[C@@H]5C4=O)c(C)c3)CC2=O)cc1. The van der Waals surface area contributed by atoms with Crippen LogP contribution in [0.2, 0.25) is 0 Å². The van der Waals surface area contributed by atoms with E-state index in [0.29, 0.717) is 17.0 Å². The van der Waals surface area contributed by atoms with E-state index in [1.807, 2.05) is 24.3 Å². The lowest BCUT2D eigenvalue weighted by Gasteiger charge is -2.19. The molecule has 0 bridgehead atoms. The largest absolute Gasteiger partial charge is 0.426 e. The molecule has 3 fully saturated rings. The van der Waals surface area contributed by atoms with Crippen LogP contribution in [0.3, 0.4) is 0 Å². The maximum atomic E-state index is 12.9. The summed E-state index contributed by atoms with van der Waals surface area (Å²) in [6.07, 6.45) is 4.51. The van der Waals surface area contributed by atoms with Gasteiger partial charge in [-0.05, 0) is 67.6 Å². The molecule has 7 nitrogen and oxygen atoms in total. The van der Waals surface area contributed by atoms with Crippen molar-refractivity contribution in [3.8, 4) is 5.75 Å². The molecule has 3 atom stereocenters. The summed E-state index contributed by atoms with van der Waals surface area (Å²) >= 11 is 0. The Morgan fingerprint density at radius 3 is 2.23 bits per heavy atom. The number of benzene rings is 2. The molecule has 35 heavy (non-hydrogen) atoms. The van der Waals surface area contributed by atoms with E-state index < -0.39 is 11.9 Å². The van der Waals surface area contributed by atoms with Crippen molar-refractivity contribution in [1.29, 1.82) is 0 Å². The van der Waals surface area contributed by atoms with Gasteiger partial charge in [0.1, 0.15) is 5.75 Å². The van der Waals surface area contributed by atoms with Crippen molar-refractivity contribution in [3.63, 3.8) is 0 Å². The smallest absolute Gasteiger partial charge is 0.316 e. The number of carbonyl (C=O) groups is 4. The van der Waals surface area contributed by atoms with E-state index in [-0.39, 0.29) is 42.5 Å². The van der Waals surface area contributed by atoms with Crippen LogP contribution in [0.1, 0.15) is 50.2 Å². The first-order chi connectivity index (χ1) is 16.9. The average molecular weight is 475 g/mol. The van der Waals surface area contributed by atoms with Crippen LogP contribution in [0, 0.1) is 24.7 Å². The fraction of sp³-hybridized carbons (Fsp3) is 0.429. The molecule has 0 N–H and O–H groups in total. The molecule has 2 aliphatic heterocycles. The van der Waals surface area contributed by atoms with Crippen LogP contribution in [-0.2, 0) is 25.6 Å². The molecule has 2 heterocycles. The summed E-state index contributed by atoms with van der Waals surface area (Å²) in [5, 5.41) is 0. The third-order valence-electron chi connectivity index (χ3n) is 7.58. The Kier molecular flexibility index (Phi) is 6.17. The second kappa shape index (κ2) is 9.29. The molecule has 182 valence electrons. The molecule has 0 radical (unpaired) electrons. The van der Waals surface area contributed by atoms with Crippen molar-refractivity contribution in [2.75, 3.05) is 16.3 Å².